The lowest BCUT2D eigenvalue weighted by molar-refractivity contribution is -0.115. The summed E-state index contributed by atoms with van der Waals surface area (Å²) in [6.45, 7) is 1.27. The van der Waals surface area contributed by atoms with Crippen LogP contribution in [-0.2, 0) is 4.79 Å². The summed E-state index contributed by atoms with van der Waals surface area (Å²) in [5, 5.41) is 4.79. The SMILES string of the molecule is O=C1NC(=O)C(=Cc2ccc(OC3CCN(C(=O)Nc4ccccc4)CC3)cc2)S1. The first-order valence-electron chi connectivity index (χ1n) is 9.69. The number of anilines is 1. The molecule has 2 aromatic carbocycles. The van der Waals surface area contributed by atoms with E-state index in [1.54, 1.807) is 11.0 Å². The summed E-state index contributed by atoms with van der Waals surface area (Å²) in [6, 6.07) is 16.7. The number of carbonyl (C=O) groups is 3. The second-order valence-electron chi connectivity index (χ2n) is 7.02. The third-order valence-corrected chi connectivity index (χ3v) is 5.69. The molecule has 0 bridgehead atoms. The van der Waals surface area contributed by atoms with Crippen LogP contribution in [0.3, 0.4) is 0 Å². The first kappa shape index (κ1) is 20.0. The van der Waals surface area contributed by atoms with E-state index in [0.717, 1.165) is 41.6 Å². The highest BCUT2D eigenvalue weighted by Crippen LogP contribution is 2.26. The molecule has 7 nitrogen and oxygen atoms in total. The summed E-state index contributed by atoms with van der Waals surface area (Å²) in [5.41, 5.74) is 1.61. The number of hydrogen-bond acceptors (Lipinski definition) is 5. The van der Waals surface area contributed by atoms with Gasteiger partial charge in [-0.1, -0.05) is 30.3 Å². The molecule has 2 aliphatic rings. The molecule has 30 heavy (non-hydrogen) atoms. The molecule has 2 fully saturated rings. The van der Waals surface area contributed by atoms with Gasteiger partial charge < -0.3 is 15.0 Å². The number of thioether (sulfide) groups is 1. The van der Waals surface area contributed by atoms with Crippen molar-refractivity contribution in [3.05, 3.63) is 65.1 Å². The molecule has 2 N–H and O–H groups in total. The third-order valence-electron chi connectivity index (χ3n) is 4.88. The van der Waals surface area contributed by atoms with Gasteiger partial charge in [0.2, 0.25) is 0 Å². The molecule has 0 unspecified atom stereocenters. The minimum Gasteiger partial charge on any atom is -0.490 e. The average molecular weight is 423 g/mol. The van der Waals surface area contributed by atoms with Gasteiger partial charge in [0.25, 0.3) is 11.1 Å². The Hall–Kier alpha value is -3.26. The number of urea groups is 1. The monoisotopic (exact) mass is 423 g/mol. The average Bonchev–Trinajstić information content (AvgIpc) is 3.07. The Bertz CT molecular complexity index is 968. The topological polar surface area (TPSA) is 87.7 Å². The van der Waals surface area contributed by atoms with E-state index in [-0.39, 0.29) is 23.3 Å². The van der Waals surface area contributed by atoms with E-state index in [0.29, 0.717) is 18.0 Å². The molecule has 4 rings (SSSR count). The Morgan fingerprint density at radius 1 is 1.07 bits per heavy atom. The van der Waals surface area contributed by atoms with Crippen molar-refractivity contribution in [2.75, 3.05) is 18.4 Å². The Morgan fingerprint density at radius 3 is 2.40 bits per heavy atom. The molecule has 2 heterocycles. The summed E-state index contributed by atoms with van der Waals surface area (Å²) in [5.74, 6) is 0.373. The number of likely N-dealkylation sites (tertiary alicyclic amines) is 1. The Balaban J connectivity index is 1.27. The minimum absolute atomic E-state index is 0.0452. The van der Waals surface area contributed by atoms with Crippen LogP contribution in [0.5, 0.6) is 5.75 Å². The molecule has 0 atom stereocenters. The molecule has 0 aromatic heterocycles. The van der Waals surface area contributed by atoms with Crippen LogP contribution in [0.15, 0.2) is 59.5 Å². The fraction of sp³-hybridized carbons (Fsp3) is 0.227. The predicted octanol–water partition coefficient (Wildman–Crippen LogP) is 4.09. The van der Waals surface area contributed by atoms with Crippen LogP contribution in [0.4, 0.5) is 15.3 Å². The summed E-state index contributed by atoms with van der Waals surface area (Å²) in [6.07, 6.45) is 3.24. The van der Waals surface area contributed by atoms with Crippen molar-refractivity contribution in [3.8, 4) is 5.75 Å². The molecule has 8 heteroatoms. The van der Waals surface area contributed by atoms with E-state index in [9.17, 15) is 14.4 Å². The van der Waals surface area contributed by atoms with Crippen molar-refractivity contribution in [3.63, 3.8) is 0 Å². The number of piperidine rings is 1. The zero-order valence-corrected chi connectivity index (χ0v) is 17.0. The van der Waals surface area contributed by atoms with Crippen LogP contribution in [-0.4, -0.2) is 41.3 Å². The van der Waals surface area contributed by atoms with Crippen LogP contribution >= 0.6 is 11.8 Å². The van der Waals surface area contributed by atoms with Crippen LogP contribution in [0, 0.1) is 0 Å². The fourth-order valence-electron chi connectivity index (χ4n) is 3.31. The predicted molar refractivity (Wildman–Crippen MR) is 116 cm³/mol. The summed E-state index contributed by atoms with van der Waals surface area (Å²) in [7, 11) is 0. The highest BCUT2D eigenvalue weighted by atomic mass is 32.2. The van der Waals surface area contributed by atoms with Crippen LogP contribution in [0.1, 0.15) is 18.4 Å². The van der Waals surface area contributed by atoms with Crippen molar-refractivity contribution in [1.82, 2.24) is 10.2 Å². The molecule has 0 spiro atoms. The summed E-state index contributed by atoms with van der Waals surface area (Å²) in [4.78, 5) is 37.4. The van der Waals surface area contributed by atoms with Gasteiger partial charge in [-0.3, -0.25) is 14.9 Å². The van der Waals surface area contributed by atoms with Crippen molar-refractivity contribution in [1.29, 1.82) is 0 Å². The Labute approximate surface area is 178 Å². The number of amides is 4. The minimum atomic E-state index is -0.367. The molecule has 2 aromatic rings. The van der Waals surface area contributed by atoms with Crippen molar-refractivity contribution < 1.29 is 19.1 Å². The number of hydrogen-bond donors (Lipinski definition) is 2. The summed E-state index contributed by atoms with van der Waals surface area (Å²) < 4.78 is 6.05. The third kappa shape index (κ3) is 5.01. The highest BCUT2D eigenvalue weighted by molar-refractivity contribution is 8.18. The smallest absolute Gasteiger partial charge is 0.321 e. The molecule has 154 valence electrons. The largest absolute Gasteiger partial charge is 0.490 e. The van der Waals surface area contributed by atoms with Gasteiger partial charge in [0, 0.05) is 31.6 Å². The summed E-state index contributed by atoms with van der Waals surface area (Å²) >= 11 is 0.897. The van der Waals surface area contributed by atoms with Gasteiger partial charge in [-0.05, 0) is 47.7 Å². The van der Waals surface area contributed by atoms with Crippen LogP contribution in [0.25, 0.3) is 6.08 Å². The van der Waals surface area contributed by atoms with Crippen LogP contribution < -0.4 is 15.4 Å². The Morgan fingerprint density at radius 2 is 1.77 bits per heavy atom. The second kappa shape index (κ2) is 9.04. The molecule has 2 saturated heterocycles. The zero-order chi connectivity index (χ0) is 20.9. The number of benzene rings is 2. The molecule has 0 saturated carbocycles. The first-order chi connectivity index (χ1) is 14.6. The van der Waals surface area contributed by atoms with Crippen molar-refractivity contribution >= 4 is 40.7 Å². The number of ether oxygens (including phenoxy) is 1. The van der Waals surface area contributed by atoms with Crippen molar-refractivity contribution in [2.45, 2.75) is 18.9 Å². The number of para-hydroxylation sites is 1. The molecular weight excluding hydrogens is 402 g/mol. The van der Waals surface area contributed by atoms with E-state index in [1.807, 2.05) is 54.6 Å². The lowest BCUT2D eigenvalue weighted by Crippen LogP contribution is -2.43. The highest BCUT2D eigenvalue weighted by Gasteiger charge is 2.25. The lowest BCUT2D eigenvalue weighted by Gasteiger charge is -2.32. The molecule has 0 aliphatic carbocycles. The van der Waals surface area contributed by atoms with Gasteiger partial charge in [0.05, 0.1) is 4.91 Å². The molecular formula is C22H21N3O4S. The number of imide groups is 1. The number of rotatable bonds is 4. The van der Waals surface area contributed by atoms with E-state index in [1.165, 1.54) is 0 Å². The van der Waals surface area contributed by atoms with Crippen LogP contribution in [0.2, 0.25) is 0 Å². The number of nitrogens with one attached hydrogen (secondary N) is 2. The van der Waals surface area contributed by atoms with E-state index in [2.05, 4.69) is 10.6 Å². The van der Waals surface area contributed by atoms with E-state index >= 15 is 0 Å². The van der Waals surface area contributed by atoms with Gasteiger partial charge in [0.15, 0.2) is 0 Å². The van der Waals surface area contributed by atoms with Gasteiger partial charge in [-0.2, -0.15) is 0 Å². The van der Waals surface area contributed by atoms with E-state index < -0.39 is 0 Å². The maximum atomic E-state index is 12.4. The van der Waals surface area contributed by atoms with Gasteiger partial charge in [-0.15, -0.1) is 0 Å². The quantitative estimate of drug-likeness (QED) is 0.724. The second-order valence-corrected chi connectivity index (χ2v) is 8.04. The maximum Gasteiger partial charge on any atom is 0.321 e. The van der Waals surface area contributed by atoms with E-state index in [4.69, 9.17) is 4.74 Å². The van der Waals surface area contributed by atoms with Gasteiger partial charge in [-0.25, -0.2) is 4.79 Å². The maximum absolute atomic E-state index is 12.4. The molecule has 4 amide bonds. The first-order valence-corrected chi connectivity index (χ1v) is 10.5. The van der Waals surface area contributed by atoms with Gasteiger partial charge >= 0.3 is 6.03 Å². The van der Waals surface area contributed by atoms with Crippen molar-refractivity contribution in [2.24, 2.45) is 0 Å². The standard InChI is InChI=1S/C22H21N3O4S/c26-20-19(30-22(28)24-20)14-15-6-8-17(9-7-15)29-18-10-12-25(13-11-18)21(27)23-16-4-2-1-3-5-16/h1-9,14,18H,10-13H2,(H,23,27)(H,24,26,28). The molecule has 2 aliphatic heterocycles. The number of carbonyl (C=O) groups excluding carboxylic acids is 3. The number of nitrogens with zero attached hydrogens (tertiary/aromatic N) is 1. The van der Waals surface area contributed by atoms with Gasteiger partial charge in [0.1, 0.15) is 11.9 Å². The normalized spacial score (nSPS) is 18.4. The molecule has 0 radical (unpaired) electrons. The Kier molecular flexibility index (Phi) is 6.04. The lowest BCUT2D eigenvalue weighted by atomic mass is 10.1. The fourth-order valence-corrected chi connectivity index (χ4v) is 3.99. The zero-order valence-electron chi connectivity index (χ0n) is 16.2.